The number of hydrogen-bond donors (Lipinski definition) is 1. The quantitative estimate of drug-likeness (QED) is 0.437. The zero-order chi connectivity index (χ0) is 23.8. The summed E-state index contributed by atoms with van der Waals surface area (Å²) in [6.07, 6.45) is 4.79. The molecule has 1 aliphatic heterocycles. The van der Waals surface area contributed by atoms with Gasteiger partial charge in [0.25, 0.3) is 11.9 Å². The molecular weight excluding hydrogens is 459 g/mol. The Morgan fingerprint density at radius 1 is 1.26 bits per heavy atom. The molecule has 176 valence electrons. The number of carbonyl (C=O) groups is 1. The van der Waals surface area contributed by atoms with E-state index in [1.807, 2.05) is 0 Å². The molecule has 1 amide bonds. The molecule has 0 aliphatic carbocycles. The van der Waals surface area contributed by atoms with Crippen molar-refractivity contribution in [3.05, 3.63) is 64.7 Å². The fourth-order valence-electron chi connectivity index (χ4n) is 4.50. The van der Waals surface area contributed by atoms with E-state index in [0.717, 1.165) is 12.8 Å². The van der Waals surface area contributed by atoms with Crippen LogP contribution < -0.4 is 5.32 Å². The second-order valence-corrected chi connectivity index (χ2v) is 9.04. The maximum atomic E-state index is 15.3. The first-order chi connectivity index (χ1) is 16.4. The average molecular weight is 483 g/mol. The summed E-state index contributed by atoms with van der Waals surface area (Å²) in [5, 5.41) is 12.0. The lowest BCUT2D eigenvalue weighted by Gasteiger charge is -2.40. The Morgan fingerprint density at radius 3 is 2.85 bits per heavy atom. The molecule has 0 spiro atoms. The minimum Gasteiger partial charge on any atom is -0.424 e. The largest absolute Gasteiger partial charge is 0.424 e. The molecule has 2 aromatic carbocycles. The minimum atomic E-state index is -0.555. The van der Waals surface area contributed by atoms with Crippen molar-refractivity contribution in [2.45, 2.75) is 32.7 Å². The minimum absolute atomic E-state index is 0.0215. The molecule has 1 saturated heterocycles. The van der Waals surface area contributed by atoms with E-state index in [2.05, 4.69) is 27.4 Å². The molecular formula is C24H24ClFN6O2. The zero-order valence-electron chi connectivity index (χ0n) is 18.8. The maximum absolute atomic E-state index is 15.3. The van der Waals surface area contributed by atoms with Crippen molar-refractivity contribution in [2.75, 3.05) is 18.4 Å². The highest BCUT2D eigenvalue weighted by molar-refractivity contribution is 6.31. The summed E-state index contributed by atoms with van der Waals surface area (Å²) in [6, 6.07) is 8.71. The van der Waals surface area contributed by atoms with Crippen LogP contribution in [-0.2, 0) is 0 Å². The molecule has 4 aromatic rings. The van der Waals surface area contributed by atoms with E-state index in [4.69, 9.17) is 16.0 Å². The van der Waals surface area contributed by atoms with E-state index in [1.165, 1.54) is 17.2 Å². The van der Waals surface area contributed by atoms with Gasteiger partial charge < -0.3 is 14.6 Å². The average Bonchev–Trinajstić information content (AvgIpc) is 3.49. The van der Waals surface area contributed by atoms with E-state index < -0.39 is 5.82 Å². The van der Waals surface area contributed by atoms with Crippen LogP contribution in [0.5, 0.6) is 0 Å². The number of piperidine rings is 1. The SMILES string of the molecule is Cc1ccc(-n2nccn2)c(C(=O)N2CCC[C@@H](C)[C@H]2CNc2nc3cc(Cl)ccc3o2)c1F. The molecule has 3 heterocycles. The van der Waals surface area contributed by atoms with Gasteiger partial charge in [0.1, 0.15) is 22.6 Å². The van der Waals surface area contributed by atoms with Gasteiger partial charge in [-0.3, -0.25) is 4.79 Å². The van der Waals surface area contributed by atoms with Gasteiger partial charge in [-0.05, 0) is 55.5 Å². The number of rotatable bonds is 5. The smallest absolute Gasteiger partial charge is 0.295 e. The first-order valence-corrected chi connectivity index (χ1v) is 11.6. The summed E-state index contributed by atoms with van der Waals surface area (Å²) >= 11 is 6.04. The number of aryl methyl sites for hydroxylation is 1. The molecule has 2 aromatic heterocycles. The van der Waals surface area contributed by atoms with Crippen molar-refractivity contribution in [1.82, 2.24) is 24.9 Å². The zero-order valence-corrected chi connectivity index (χ0v) is 19.6. The Morgan fingerprint density at radius 2 is 2.06 bits per heavy atom. The fourth-order valence-corrected chi connectivity index (χ4v) is 4.67. The molecule has 1 aliphatic rings. The van der Waals surface area contributed by atoms with Gasteiger partial charge in [-0.25, -0.2) is 4.39 Å². The lowest BCUT2D eigenvalue weighted by Crippen LogP contribution is -2.51. The second kappa shape index (κ2) is 9.06. The molecule has 34 heavy (non-hydrogen) atoms. The molecule has 5 rings (SSSR count). The number of nitrogens with one attached hydrogen (secondary N) is 1. The van der Waals surface area contributed by atoms with Gasteiger partial charge in [-0.15, -0.1) is 0 Å². The highest BCUT2D eigenvalue weighted by Crippen LogP contribution is 2.29. The van der Waals surface area contributed by atoms with Crippen molar-refractivity contribution < 1.29 is 13.6 Å². The predicted octanol–water partition coefficient (Wildman–Crippen LogP) is 4.86. The van der Waals surface area contributed by atoms with Gasteiger partial charge in [-0.1, -0.05) is 24.6 Å². The van der Waals surface area contributed by atoms with Crippen LogP contribution in [0.1, 0.15) is 35.7 Å². The Balaban J connectivity index is 1.44. The third-order valence-electron chi connectivity index (χ3n) is 6.35. The number of likely N-dealkylation sites (tertiary alicyclic amines) is 1. The number of amides is 1. The van der Waals surface area contributed by atoms with Gasteiger partial charge in [0.05, 0.1) is 18.4 Å². The highest BCUT2D eigenvalue weighted by Gasteiger charge is 2.35. The normalized spacial score (nSPS) is 18.4. The number of benzene rings is 2. The molecule has 0 unspecified atom stereocenters. The van der Waals surface area contributed by atoms with E-state index in [0.29, 0.717) is 46.5 Å². The number of oxazole rings is 1. The lowest BCUT2D eigenvalue weighted by atomic mass is 9.89. The van der Waals surface area contributed by atoms with E-state index in [1.54, 1.807) is 42.2 Å². The Kier molecular flexibility index (Phi) is 5.95. The summed E-state index contributed by atoms with van der Waals surface area (Å²) in [7, 11) is 0. The van der Waals surface area contributed by atoms with Gasteiger partial charge in [0.15, 0.2) is 5.58 Å². The van der Waals surface area contributed by atoms with Crippen molar-refractivity contribution >= 4 is 34.6 Å². The number of anilines is 1. The first-order valence-electron chi connectivity index (χ1n) is 11.2. The first kappa shape index (κ1) is 22.3. The van der Waals surface area contributed by atoms with Crippen molar-refractivity contribution in [1.29, 1.82) is 0 Å². The van der Waals surface area contributed by atoms with Crippen LogP contribution in [0.2, 0.25) is 5.02 Å². The summed E-state index contributed by atoms with van der Waals surface area (Å²) in [6.45, 7) is 4.68. The van der Waals surface area contributed by atoms with E-state index in [-0.39, 0.29) is 23.4 Å². The second-order valence-electron chi connectivity index (χ2n) is 8.61. The Labute approximate surface area is 200 Å². The molecule has 0 radical (unpaired) electrons. The third-order valence-corrected chi connectivity index (χ3v) is 6.58. The van der Waals surface area contributed by atoms with Crippen LogP contribution in [0.4, 0.5) is 10.4 Å². The van der Waals surface area contributed by atoms with Gasteiger partial charge in [0, 0.05) is 18.1 Å². The molecule has 0 bridgehead atoms. The van der Waals surface area contributed by atoms with Crippen molar-refractivity contribution in [3.8, 4) is 5.69 Å². The van der Waals surface area contributed by atoms with Crippen LogP contribution in [0.15, 0.2) is 47.1 Å². The van der Waals surface area contributed by atoms with E-state index in [9.17, 15) is 4.79 Å². The summed E-state index contributed by atoms with van der Waals surface area (Å²) < 4.78 is 21.1. The lowest BCUT2D eigenvalue weighted by molar-refractivity contribution is 0.0534. The topological polar surface area (TPSA) is 89.1 Å². The van der Waals surface area contributed by atoms with Crippen LogP contribution in [0.3, 0.4) is 0 Å². The van der Waals surface area contributed by atoms with E-state index >= 15 is 4.39 Å². The summed E-state index contributed by atoms with van der Waals surface area (Å²) in [5.41, 5.74) is 1.96. The van der Waals surface area contributed by atoms with Gasteiger partial charge >= 0.3 is 0 Å². The summed E-state index contributed by atoms with van der Waals surface area (Å²) in [4.78, 5) is 21.2. The number of fused-ring (bicyclic) bond motifs is 1. The number of halogens is 2. The van der Waals surface area contributed by atoms with Crippen molar-refractivity contribution in [2.24, 2.45) is 5.92 Å². The van der Waals surface area contributed by atoms with Crippen LogP contribution in [0.25, 0.3) is 16.8 Å². The number of hydrogen-bond acceptors (Lipinski definition) is 6. The van der Waals surface area contributed by atoms with Crippen LogP contribution >= 0.6 is 11.6 Å². The van der Waals surface area contributed by atoms with Crippen molar-refractivity contribution in [3.63, 3.8) is 0 Å². The standard InChI is InChI=1S/C24H24ClFN6O2/c1-14-4-3-11-31(19(14)13-27-24-30-17-12-16(25)6-8-20(17)34-24)23(33)21-18(32-28-9-10-29-32)7-5-15(2)22(21)26/h5-10,12,14,19H,3-4,11,13H2,1-2H3,(H,27,30)/t14-,19-/m1/s1. The number of nitrogens with zero attached hydrogens (tertiary/aromatic N) is 5. The molecule has 2 atom stereocenters. The van der Waals surface area contributed by atoms with Crippen LogP contribution in [0, 0.1) is 18.7 Å². The van der Waals surface area contributed by atoms with Crippen LogP contribution in [-0.4, -0.2) is 49.9 Å². The molecule has 0 saturated carbocycles. The third kappa shape index (κ3) is 4.11. The molecule has 8 nitrogen and oxygen atoms in total. The monoisotopic (exact) mass is 482 g/mol. The predicted molar refractivity (Wildman–Crippen MR) is 127 cm³/mol. The van der Waals surface area contributed by atoms with Gasteiger partial charge in [0.2, 0.25) is 0 Å². The molecule has 10 heteroatoms. The maximum Gasteiger partial charge on any atom is 0.295 e. The molecule has 1 fully saturated rings. The Hall–Kier alpha value is -3.46. The highest BCUT2D eigenvalue weighted by atomic mass is 35.5. The van der Waals surface area contributed by atoms with Gasteiger partial charge in [-0.2, -0.15) is 20.0 Å². The number of carbonyl (C=O) groups excluding carboxylic acids is 1. The summed E-state index contributed by atoms with van der Waals surface area (Å²) in [5.74, 6) is -0.736. The fraction of sp³-hybridized carbons (Fsp3) is 0.333. The Bertz CT molecular complexity index is 1340. The number of aromatic nitrogens is 4. The molecule has 1 N–H and O–H groups in total.